The predicted octanol–water partition coefficient (Wildman–Crippen LogP) is 2.89. The molecule has 0 radical (unpaired) electrons. The van der Waals surface area contributed by atoms with Crippen LogP contribution in [-0.4, -0.2) is 66.6 Å². The van der Waals surface area contributed by atoms with Crippen LogP contribution in [0.1, 0.15) is 37.8 Å². The van der Waals surface area contributed by atoms with Crippen molar-refractivity contribution in [3.63, 3.8) is 0 Å². The molecule has 2 fully saturated rings. The van der Waals surface area contributed by atoms with Gasteiger partial charge in [0.15, 0.2) is 6.61 Å². The number of benzene rings is 1. The summed E-state index contributed by atoms with van der Waals surface area (Å²) in [7, 11) is 2.14. The molecule has 160 valence electrons. The van der Waals surface area contributed by atoms with E-state index in [2.05, 4.69) is 47.0 Å². The van der Waals surface area contributed by atoms with E-state index in [1.54, 1.807) is 0 Å². The van der Waals surface area contributed by atoms with Gasteiger partial charge in [-0.1, -0.05) is 0 Å². The van der Waals surface area contributed by atoms with E-state index in [9.17, 15) is 4.79 Å². The summed E-state index contributed by atoms with van der Waals surface area (Å²) in [6.07, 6.45) is 8.46. The van der Waals surface area contributed by atoms with Crippen LogP contribution in [0.2, 0.25) is 0 Å². The van der Waals surface area contributed by atoms with Crippen LogP contribution < -0.4 is 9.64 Å². The SMILES string of the molecule is CC1CCc2c(ccc(-c3cnn(C4CC4)c3)c2OCC(=O)N2CCOCC2)N1C. The summed E-state index contributed by atoms with van der Waals surface area (Å²) in [5, 5.41) is 4.57. The molecule has 7 heteroatoms. The molecule has 2 aliphatic heterocycles. The van der Waals surface area contributed by atoms with Crippen LogP contribution >= 0.6 is 0 Å². The topological polar surface area (TPSA) is 59.8 Å². The summed E-state index contributed by atoms with van der Waals surface area (Å²) in [4.78, 5) is 16.9. The Kier molecular flexibility index (Phi) is 5.15. The fraction of sp³-hybridized carbons (Fsp3) is 0.565. The Bertz CT molecular complexity index is 931. The van der Waals surface area contributed by atoms with E-state index in [0.29, 0.717) is 38.4 Å². The smallest absolute Gasteiger partial charge is 0.260 e. The Morgan fingerprint density at radius 3 is 2.80 bits per heavy atom. The second-order valence-corrected chi connectivity index (χ2v) is 8.66. The molecule has 1 saturated heterocycles. The summed E-state index contributed by atoms with van der Waals surface area (Å²) >= 11 is 0. The average molecular weight is 411 g/mol. The van der Waals surface area contributed by atoms with Gasteiger partial charge in [0.2, 0.25) is 0 Å². The number of hydrogen-bond acceptors (Lipinski definition) is 5. The molecule has 2 aromatic rings. The number of nitrogens with zero attached hydrogens (tertiary/aromatic N) is 4. The average Bonchev–Trinajstić information content (AvgIpc) is 3.51. The molecule has 5 rings (SSSR count). The lowest BCUT2D eigenvalue weighted by atomic mass is 9.93. The fourth-order valence-corrected chi connectivity index (χ4v) is 4.42. The third-order valence-electron chi connectivity index (χ3n) is 6.63. The molecule has 1 amide bonds. The quantitative estimate of drug-likeness (QED) is 0.759. The lowest BCUT2D eigenvalue weighted by Gasteiger charge is -2.35. The summed E-state index contributed by atoms with van der Waals surface area (Å²) in [6.45, 7) is 4.77. The van der Waals surface area contributed by atoms with Crippen molar-refractivity contribution in [3.05, 3.63) is 30.1 Å². The first kappa shape index (κ1) is 19.4. The molecule has 1 aromatic carbocycles. The van der Waals surface area contributed by atoms with Gasteiger partial charge in [-0.05, 0) is 44.7 Å². The van der Waals surface area contributed by atoms with Gasteiger partial charge in [0.05, 0.1) is 25.5 Å². The number of carbonyl (C=O) groups excluding carboxylic acids is 1. The maximum atomic E-state index is 12.7. The number of aromatic nitrogens is 2. The minimum atomic E-state index is 0.0214. The molecular weight excluding hydrogens is 380 g/mol. The van der Waals surface area contributed by atoms with Crippen LogP contribution in [-0.2, 0) is 16.0 Å². The Labute approximate surface area is 177 Å². The van der Waals surface area contributed by atoms with Crippen molar-refractivity contribution in [1.82, 2.24) is 14.7 Å². The molecule has 1 atom stereocenters. The van der Waals surface area contributed by atoms with Gasteiger partial charge >= 0.3 is 0 Å². The Balaban J connectivity index is 1.46. The van der Waals surface area contributed by atoms with E-state index < -0.39 is 0 Å². The van der Waals surface area contributed by atoms with Gasteiger partial charge in [-0.15, -0.1) is 0 Å². The largest absolute Gasteiger partial charge is 0.483 e. The first-order valence-electron chi connectivity index (χ1n) is 11.0. The van der Waals surface area contributed by atoms with Gasteiger partial charge in [0.1, 0.15) is 5.75 Å². The molecule has 3 heterocycles. The van der Waals surface area contributed by atoms with Crippen LogP contribution in [0.4, 0.5) is 5.69 Å². The summed E-state index contributed by atoms with van der Waals surface area (Å²) in [5.41, 5.74) is 4.47. The van der Waals surface area contributed by atoms with Crippen molar-refractivity contribution in [2.45, 2.75) is 44.7 Å². The van der Waals surface area contributed by atoms with E-state index >= 15 is 0 Å². The lowest BCUT2D eigenvalue weighted by molar-refractivity contribution is -0.137. The van der Waals surface area contributed by atoms with Crippen LogP contribution in [0.25, 0.3) is 11.1 Å². The van der Waals surface area contributed by atoms with Crippen molar-refractivity contribution in [2.24, 2.45) is 0 Å². The second-order valence-electron chi connectivity index (χ2n) is 8.66. The van der Waals surface area contributed by atoms with E-state index in [1.807, 2.05) is 11.1 Å². The van der Waals surface area contributed by atoms with Gasteiger partial charge in [0, 0.05) is 54.8 Å². The fourth-order valence-electron chi connectivity index (χ4n) is 4.42. The third kappa shape index (κ3) is 3.67. The number of rotatable bonds is 5. The number of anilines is 1. The molecule has 30 heavy (non-hydrogen) atoms. The maximum Gasteiger partial charge on any atom is 0.260 e. The minimum absolute atomic E-state index is 0.0214. The second kappa shape index (κ2) is 7.95. The van der Waals surface area contributed by atoms with E-state index in [-0.39, 0.29) is 12.5 Å². The molecule has 0 bridgehead atoms. The molecule has 3 aliphatic rings. The van der Waals surface area contributed by atoms with Crippen LogP contribution in [0.3, 0.4) is 0 Å². The normalized spacial score (nSPS) is 21.5. The molecule has 1 saturated carbocycles. The highest BCUT2D eigenvalue weighted by Gasteiger charge is 2.28. The highest BCUT2D eigenvalue weighted by Crippen LogP contribution is 2.43. The van der Waals surface area contributed by atoms with E-state index in [1.165, 1.54) is 24.1 Å². The van der Waals surface area contributed by atoms with Crippen LogP contribution in [0.15, 0.2) is 24.5 Å². The van der Waals surface area contributed by atoms with Crippen molar-refractivity contribution in [3.8, 4) is 16.9 Å². The number of fused-ring (bicyclic) bond motifs is 1. The number of ether oxygens (including phenoxy) is 2. The molecular formula is C23H30N4O3. The van der Waals surface area contributed by atoms with Gasteiger partial charge in [-0.25, -0.2) is 0 Å². The molecule has 0 spiro atoms. The number of morpholine rings is 1. The minimum Gasteiger partial charge on any atom is -0.483 e. The number of hydrogen-bond donors (Lipinski definition) is 0. The van der Waals surface area contributed by atoms with E-state index in [4.69, 9.17) is 9.47 Å². The van der Waals surface area contributed by atoms with Crippen molar-refractivity contribution < 1.29 is 14.3 Å². The molecule has 1 unspecified atom stereocenters. The van der Waals surface area contributed by atoms with Gasteiger partial charge in [-0.3, -0.25) is 9.48 Å². The van der Waals surface area contributed by atoms with Crippen molar-refractivity contribution in [2.75, 3.05) is 44.9 Å². The summed E-state index contributed by atoms with van der Waals surface area (Å²) in [5.74, 6) is 0.858. The predicted molar refractivity (Wildman–Crippen MR) is 115 cm³/mol. The molecule has 7 nitrogen and oxygen atoms in total. The first-order valence-corrected chi connectivity index (χ1v) is 11.0. The van der Waals surface area contributed by atoms with Gasteiger partial charge in [-0.2, -0.15) is 5.10 Å². The Morgan fingerprint density at radius 2 is 2.03 bits per heavy atom. The van der Waals surface area contributed by atoms with Crippen LogP contribution in [0.5, 0.6) is 5.75 Å². The van der Waals surface area contributed by atoms with E-state index in [0.717, 1.165) is 29.7 Å². The molecule has 1 aliphatic carbocycles. The highest BCUT2D eigenvalue weighted by molar-refractivity contribution is 5.80. The molecule has 1 aromatic heterocycles. The van der Waals surface area contributed by atoms with Crippen LogP contribution in [0, 0.1) is 0 Å². The summed E-state index contributed by atoms with van der Waals surface area (Å²) < 4.78 is 13.7. The monoisotopic (exact) mass is 410 g/mol. The lowest BCUT2D eigenvalue weighted by Crippen LogP contribution is -2.43. The number of amides is 1. The van der Waals surface area contributed by atoms with Crippen molar-refractivity contribution >= 4 is 11.6 Å². The highest BCUT2D eigenvalue weighted by atomic mass is 16.5. The Hall–Kier alpha value is -2.54. The summed E-state index contributed by atoms with van der Waals surface area (Å²) in [6, 6.07) is 5.33. The maximum absolute atomic E-state index is 12.7. The van der Waals surface area contributed by atoms with Crippen molar-refractivity contribution in [1.29, 1.82) is 0 Å². The van der Waals surface area contributed by atoms with Gasteiger partial charge < -0.3 is 19.3 Å². The number of carbonyl (C=O) groups is 1. The third-order valence-corrected chi connectivity index (χ3v) is 6.63. The zero-order chi connectivity index (χ0) is 20.7. The zero-order valence-corrected chi connectivity index (χ0v) is 17.8. The molecule has 0 N–H and O–H groups in total. The standard InChI is InChI=1S/C23H30N4O3/c1-16-3-6-20-21(25(16)2)8-7-19(17-13-24-27(14-17)18-4-5-18)23(20)30-15-22(28)26-9-11-29-12-10-26/h7-8,13-14,16,18H,3-6,9-12,15H2,1-2H3. The zero-order valence-electron chi connectivity index (χ0n) is 17.8. The van der Waals surface area contributed by atoms with Gasteiger partial charge in [0.25, 0.3) is 5.91 Å². The Morgan fingerprint density at radius 1 is 1.23 bits per heavy atom. The first-order chi connectivity index (χ1) is 14.6.